The van der Waals surface area contributed by atoms with Crippen LogP contribution in [-0.4, -0.2) is 23.1 Å². The average Bonchev–Trinajstić information content (AvgIpc) is 2.19. The molecule has 0 saturated heterocycles. The zero-order chi connectivity index (χ0) is 9.97. The third kappa shape index (κ3) is 1.89. The summed E-state index contributed by atoms with van der Waals surface area (Å²) in [6.07, 6.45) is 5.62. The third-order valence-corrected chi connectivity index (χ3v) is 2.22. The van der Waals surface area contributed by atoms with Crippen molar-refractivity contribution in [3.63, 3.8) is 0 Å². The molecule has 0 aliphatic carbocycles. The van der Waals surface area contributed by atoms with E-state index in [-0.39, 0.29) is 0 Å². The van der Waals surface area contributed by atoms with Crippen LogP contribution in [-0.2, 0) is 0 Å². The lowest BCUT2D eigenvalue weighted by Crippen LogP contribution is -2.30. The smallest absolute Gasteiger partial charge is 0.225 e. The third-order valence-electron chi connectivity index (χ3n) is 2.22. The van der Waals surface area contributed by atoms with Crippen molar-refractivity contribution in [1.29, 1.82) is 0 Å². The van der Waals surface area contributed by atoms with Crippen LogP contribution in [0.3, 0.4) is 0 Å². The van der Waals surface area contributed by atoms with E-state index in [2.05, 4.69) is 27.9 Å². The molecule has 0 unspecified atom stereocenters. The van der Waals surface area contributed by atoms with Gasteiger partial charge in [0.2, 0.25) is 5.95 Å². The van der Waals surface area contributed by atoms with Gasteiger partial charge >= 0.3 is 0 Å². The first kappa shape index (κ1) is 9.12. The van der Waals surface area contributed by atoms with Gasteiger partial charge in [-0.2, -0.15) is 0 Å². The quantitative estimate of drug-likeness (QED) is 0.636. The van der Waals surface area contributed by atoms with E-state index >= 15 is 0 Å². The van der Waals surface area contributed by atoms with E-state index in [0.29, 0.717) is 5.95 Å². The lowest BCUT2D eigenvalue weighted by Gasteiger charge is -2.25. The minimum atomic E-state index is -0.391. The van der Waals surface area contributed by atoms with Crippen molar-refractivity contribution in [3.05, 3.63) is 29.9 Å². The van der Waals surface area contributed by atoms with Crippen molar-refractivity contribution in [2.75, 3.05) is 18.0 Å². The molecular weight excluding hydrogens is 181 g/mol. The lowest BCUT2D eigenvalue weighted by atomic mass is 10.1. The molecule has 2 rings (SSSR count). The highest BCUT2D eigenvalue weighted by Gasteiger charge is 2.12. The molecular formula is C10H12FN3. The molecule has 0 bridgehead atoms. The van der Waals surface area contributed by atoms with Crippen LogP contribution in [0.4, 0.5) is 10.3 Å². The molecule has 1 aliphatic heterocycles. The number of hydrogen-bond acceptors (Lipinski definition) is 3. The number of rotatable bonds is 1. The number of hydrogen-bond donors (Lipinski definition) is 0. The molecule has 0 N–H and O–H groups in total. The highest BCUT2D eigenvalue weighted by molar-refractivity contribution is 5.33. The maximum absolute atomic E-state index is 12.6. The summed E-state index contributed by atoms with van der Waals surface area (Å²) >= 11 is 0. The Bertz CT molecular complexity index is 345. The first-order chi connectivity index (χ1) is 6.75. The fourth-order valence-corrected chi connectivity index (χ4v) is 1.55. The zero-order valence-corrected chi connectivity index (χ0v) is 8.07. The van der Waals surface area contributed by atoms with Gasteiger partial charge in [0.1, 0.15) is 0 Å². The highest BCUT2D eigenvalue weighted by Crippen LogP contribution is 2.14. The van der Waals surface area contributed by atoms with Gasteiger partial charge in [-0.3, -0.25) is 0 Å². The van der Waals surface area contributed by atoms with Crippen molar-refractivity contribution in [2.45, 2.75) is 13.3 Å². The molecule has 0 fully saturated rings. The minimum Gasteiger partial charge on any atom is -0.337 e. The van der Waals surface area contributed by atoms with Crippen molar-refractivity contribution in [1.82, 2.24) is 9.97 Å². The Labute approximate surface area is 82.3 Å². The Kier molecular flexibility index (Phi) is 2.43. The Morgan fingerprint density at radius 1 is 1.36 bits per heavy atom. The maximum Gasteiger partial charge on any atom is 0.225 e. The first-order valence-electron chi connectivity index (χ1n) is 4.64. The van der Waals surface area contributed by atoms with E-state index in [1.54, 1.807) is 0 Å². The van der Waals surface area contributed by atoms with E-state index in [0.717, 1.165) is 19.5 Å². The van der Waals surface area contributed by atoms with Crippen LogP contribution in [0.5, 0.6) is 0 Å². The van der Waals surface area contributed by atoms with Gasteiger partial charge in [0.05, 0.1) is 12.4 Å². The van der Waals surface area contributed by atoms with Crippen molar-refractivity contribution < 1.29 is 4.39 Å². The Morgan fingerprint density at radius 2 is 2.07 bits per heavy atom. The van der Waals surface area contributed by atoms with Gasteiger partial charge in [-0.25, -0.2) is 14.4 Å². The van der Waals surface area contributed by atoms with Crippen molar-refractivity contribution >= 4 is 5.95 Å². The lowest BCUT2D eigenvalue weighted by molar-refractivity contribution is 0.610. The van der Waals surface area contributed by atoms with E-state index in [4.69, 9.17) is 0 Å². The van der Waals surface area contributed by atoms with E-state index < -0.39 is 5.82 Å². The van der Waals surface area contributed by atoms with Gasteiger partial charge in [-0.05, 0) is 13.3 Å². The van der Waals surface area contributed by atoms with Crippen LogP contribution in [0.2, 0.25) is 0 Å². The number of anilines is 1. The predicted octanol–water partition coefficient (Wildman–Crippen LogP) is 1.77. The molecule has 0 aromatic carbocycles. The number of halogens is 1. The summed E-state index contributed by atoms with van der Waals surface area (Å²) < 4.78 is 12.6. The second kappa shape index (κ2) is 3.74. The molecule has 74 valence electrons. The van der Waals surface area contributed by atoms with Crippen LogP contribution in [0.1, 0.15) is 13.3 Å². The molecule has 0 radical (unpaired) electrons. The van der Waals surface area contributed by atoms with Crippen LogP contribution < -0.4 is 4.90 Å². The molecule has 1 aliphatic rings. The van der Waals surface area contributed by atoms with E-state index in [1.165, 1.54) is 18.0 Å². The molecule has 0 saturated carbocycles. The standard InChI is InChI=1S/C10H12FN3/c1-8-3-2-4-14(7-8)10-12-5-9(11)6-13-10/h3,5-6H,2,4,7H2,1H3. The molecule has 3 nitrogen and oxygen atoms in total. The van der Waals surface area contributed by atoms with Crippen LogP contribution in [0.15, 0.2) is 24.0 Å². The van der Waals surface area contributed by atoms with Gasteiger partial charge in [-0.1, -0.05) is 11.6 Å². The van der Waals surface area contributed by atoms with Crippen LogP contribution >= 0.6 is 0 Å². The highest BCUT2D eigenvalue weighted by atomic mass is 19.1. The molecule has 1 aromatic heterocycles. The van der Waals surface area contributed by atoms with E-state index in [1.807, 2.05) is 0 Å². The predicted molar refractivity (Wildman–Crippen MR) is 52.6 cm³/mol. The zero-order valence-electron chi connectivity index (χ0n) is 8.07. The summed E-state index contributed by atoms with van der Waals surface area (Å²) in [5.74, 6) is 0.219. The van der Waals surface area contributed by atoms with E-state index in [9.17, 15) is 4.39 Å². The SMILES string of the molecule is CC1=CCCN(c2ncc(F)cn2)C1. The van der Waals surface area contributed by atoms with Gasteiger partial charge in [-0.15, -0.1) is 0 Å². The summed E-state index contributed by atoms with van der Waals surface area (Å²) in [6.45, 7) is 3.82. The van der Waals surface area contributed by atoms with Gasteiger partial charge in [0.15, 0.2) is 5.82 Å². The second-order valence-electron chi connectivity index (χ2n) is 3.46. The first-order valence-corrected chi connectivity index (χ1v) is 4.64. The molecule has 0 spiro atoms. The summed E-state index contributed by atoms with van der Waals surface area (Å²) in [7, 11) is 0. The molecule has 2 heterocycles. The fourth-order valence-electron chi connectivity index (χ4n) is 1.55. The maximum atomic E-state index is 12.6. The summed E-state index contributed by atoms with van der Waals surface area (Å²) in [4.78, 5) is 9.95. The molecule has 4 heteroatoms. The topological polar surface area (TPSA) is 29.0 Å². The molecule has 0 atom stereocenters. The Morgan fingerprint density at radius 3 is 2.71 bits per heavy atom. The van der Waals surface area contributed by atoms with Gasteiger partial charge in [0, 0.05) is 13.1 Å². The summed E-state index contributed by atoms with van der Waals surface area (Å²) in [5, 5.41) is 0. The molecule has 0 amide bonds. The Hall–Kier alpha value is -1.45. The van der Waals surface area contributed by atoms with Crippen LogP contribution in [0, 0.1) is 5.82 Å². The van der Waals surface area contributed by atoms with Crippen molar-refractivity contribution in [2.24, 2.45) is 0 Å². The van der Waals surface area contributed by atoms with Crippen LogP contribution in [0.25, 0.3) is 0 Å². The minimum absolute atomic E-state index is 0.391. The van der Waals surface area contributed by atoms with Gasteiger partial charge in [0.25, 0.3) is 0 Å². The number of nitrogens with zero attached hydrogens (tertiary/aromatic N) is 3. The number of aromatic nitrogens is 2. The average molecular weight is 193 g/mol. The summed E-state index contributed by atoms with van der Waals surface area (Å²) in [6, 6.07) is 0. The van der Waals surface area contributed by atoms with Crippen molar-refractivity contribution in [3.8, 4) is 0 Å². The largest absolute Gasteiger partial charge is 0.337 e. The molecule has 14 heavy (non-hydrogen) atoms. The second-order valence-corrected chi connectivity index (χ2v) is 3.46. The normalized spacial score (nSPS) is 16.7. The fraction of sp³-hybridized carbons (Fsp3) is 0.400. The Balaban J connectivity index is 2.16. The molecule has 1 aromatic rings. The monoisotopic (exact) mass is 193 g/mol. The van der Waals surface area contributed by atoms with Gasteiger partial charge < -0.3 is 4.90 Å². The summed E-state index contributed by atoms with van der Waals surface area (Å²) in [5.41, 5.74) is 1.31.